The third kappa shape index (κ3) is 2.95. The fraction of sp³-hybridized carbons (Fsp3) is 0.818. The van der Waals surface area contributed by atoms with Crippen LogP contribution in [0.5, 0.6) is 0 Å². The van der Waals surface area contributed by atoms with Crippen molar-refractivity contribution in [2.45, 2.75) is 44.2 Å². The molecular formula is C11H18N2O3. The summed E-state index contributed by atoms with van der Waals surface area (Å²) >= 11 is 0. The normalized spacial score (nSPS) is 26.4. The van der Waals surface area contributed by atoms with Crippen LogP contribution in [0.2, 0.25) is 0 Å². The first kappa shape index (κ1) is 11.4. The summed E-state index contributed by atoms with van der Waals surface area (Å²) in [6, 6.07) is -0.289. The van der Waals surface area contributed by atoms with Crippen LogP contribution >= 0.6 is 0 Å². The number of carboxylic acid groups (broad SMARTS) is 1. The van der Waals surface area contributed by atoms with Crippen molar-refractivity contribution in [2.24, 2.45) is 5.92 Å². The highest BCUT2D eigenvalue weighted by Crippen LogP contribution is 2.34. The molecule has 1 amide bonds. The highest BCUT2D eigenvalue weighted by atomic mass is 16.4. The molecule has 2 fully saturated rings. The number of carbonyl (C=O) groups excluding carboxylic acids is 1. The number of carbonyl (C=O) groups is 2. The first-order chi connectivity index (χ1) is 7.66. The van der Waals surface area contributed by atoms with Crippen molar-refractivity contribution in [3.63, 3.8) is 0 Å². The van der Waals surface area contributed by atoms with Crippen LogP contribution in [-0.2, 0) is 9.59 Å². The minimum absolute atomic E-state index is 0.0318. The van der Waals surface area contributed by atoms with Gasteiger partial charge >= 0.3 is 5.97 Å². The van der Waals surface area contributed by atoms with Gasteiger partial charge < -0.3 is 15.7 Å². The quantitative estimate of drug-likeness (QED) is 0.621. The van der Waals surface area contributed by atoms with Crippen LogP contribution in [0.3, 0.4) is 0 Å². The fourth-order valence-electron chi connectivity index (χ4n) is 2.21. The molecule has 3 N–H and O–H groups in total. The van der Waals surface area contributed by atoms with E-state index in [1.165, 1.54) is 0 Å². The summed E-state index contributed by atoms with van der Waals surface area (Å²) in [5.74, 6) is -0.492. The second-order valence-corrected chi connectivity index (χ2v) is 4.70. The van der Waals surface area contributed by atoms with Crippen LogP contribution in [0.1, 0.15) is 32.1 Å². The third-order valence-electron chi connectivity index (χ3n) is 3.29. The Morgan fingerprint density at radius 2 is 2.12 bits per heavy atom. The van der Waals surface area contributed by atoms with Gasteiger partial charge in [-0.05, 0) is 38.1 Å². The number of carboxylic acids is 1. The molecular weight excluding hydrogens is 208 g/mol. The van der Waals surface area contributed by atoms with Gasteiger partial charge in [-0.2, -0.15) is 0 Å². The Hall–Kier alpha value is -1.10. The van der Waals surface area contributed by atoms with E-state index in [0.717, 1.165) is 32.2 Å². The SMILES string of the molecule is O=C(O)CC(NC(=O)[C@H]1CCCN1)C1CC1. The van der Waals surface area contributed by atoms with Crippen LogP contribution in [-0.4, -0.2) is 35.6 Å². The van der Waals surface area contributed by atoms with Gasteiger partial charge in [0, 0.05) is 6.04 Å². The van der Waals surface area contributed by atoms with Gasteiger partial charge in [0.05, 0.1) is 12.5 Å². The molecule has 90 valence electrons. The van der Waals surface area contributed by atoms with Crippen molar-refractivity contribution in [1.29, 1.82) is 0 Å². The van der Waals surface area contributed by atoms with E-state index in [4.69, 9.17) is 5.11 Å². The summed E-state index contributed by atoms with van der Waals surface area (Å²) in [6.07, 6.45) is 4.00. The Morgan fingerprint density at radius 1 is 1.38 bits per heavy atom. The van der Waals surface area contributed by atoms with Gasteiger partial charge in [0.15, 0.2) is 0 Å². The van der Waals surface area contributed by atoms with E-state index >= 15 is 0 Å². The lowest BCUT2D eigenvalue weighted by Gasteiger charge is -2.19. The van der Waals surface area contributed by atoms with E-state index in [9.17, 15) is 9.59 Å². The van der Waals surface area contributed by atoms with E-state index < -0.39 is 5.97 Å². The maximum absolute atomic E-state index is 11.8. The highest BCUT2D eigenvalue weighted by Gasteiger charge is 2.35. The summed E-state index contributed by atoms with van der Waals surface area (Å²) in [5.41, 5.74) is 0. The lowest BCUT2D eigenvalue weighted by molar-refractivity contribution is -0.138. The molecule has 2 aliphatic rings. The standard InChI is InChI=1S/C11H18N2O3/c14-10(15)6-9(7-3-4-7)13-11(16)8-2-1-5-12-8/h7-9,12H,1-6H2,(H,13,16)(H,14,15)/t8-,9?/m1/s1. The van der Waals surface area contributed by atoms with Gasteiger partial charge in [-0.15, -0.1) is 0 Å². The molecule has 5 nitrogen and oxygen atoms in total. The fourth-order valence-corrected chi connectivity index (χ4v) is 2.21. The van der Waals surface area contributed by atoms with Crippen molar-refractivity contribution in [3.05, 3.63) is 0 Å². The lowest BCUT2D eigenvalue weighted by Crippen LogP contribution is -2.46. The minimum Gasteiger partial charge on any atom is -0.481 e. The molecule has 1 heterocycles. The molecule has 1 unspecified atom stereocenters. The second kappa shape index (κ2) is 4.82. The van der Waals surface area contributed by atoms with E-state index in [2.05, 4.69) is 10.6 Å². The van der Waals surface area contributed by atoms with Crippen LogP contribution in [0.4, 0.5) is 0 Å². The molecule has 16 heavy (non-hydrogen) atoms. The first-order valence-electron chi connectivity index (χ1n) is 5.92. The first-order valence-corrected chi connectivity index (χ1v) is 5.92. The zero-order valence-corrected chi connectivity index (χ0v) is 9.24. The Kier molecular flexibility index (Phi) is 3.43. The molecule has 1 saturated carbocycles. The van der Waals surface area contributed by atoms with E-state index in [1.54, 1.807) is 0 Å². The molecule has 1 aliphatic heterocycles. The number of hydrogen-bond donors (Lipinski definition) is 3. The zero-order chi connectivity index (χ0) is 11.5. The van der Waals surface area contributed by atoms with Crippen LogP contribution in [0.15, 0.2) is 0 Å². The average Bonchev–Trinajstić information content (AvgIpc) is 2.91. The summed E-state index contributed by atoms with van der Waals surface area (Å²) in [4.78, 5) is 22.5. The molecule has 5 heteroatoms. The summed E-state index contributed by atoms with van der Waals surface area (Å²) < 4.78 is 0. The van der Waals surface area contributed by atoms with Crippen molar-refractivity contribution in [1.82, 2.24) is 10.6 Å². The number of amides is 1. The number of rotatable bonds is 5. The molecule has 0 bridgehead atoms. The Labute approximate surface area is 94.6 Å². The summed E-state index contributed by atoms with van der Waals surface area (Å²) in [5, 5.41) is 14.8. The van der Waals surface area contributed by atoms with Gasteiger partial charge in [-0.25, -0.2) is 0 Å². The maximum Gasteiger partial charge on any atom is 0.305 e. The lowest BCUT2D eigenvalue weighted by atomic mass is 10.1. The van der Waals surface area contributed by atoms with Gasteiger partial charge in [-0.3, -0.25) is 9.59 Å². The molecule has 0 aromatic rings. The van der Waals surface area contributed by atoms with Gasteiger partial charge in [0.1, 0.15) is 0 Å². The van der Waals surface area contributed by atoms with E-state index in [0.29, 0.717) is 5.92 Å². The minimum atomic E-state index is -0.836. The molecule has 0 spiro atoms. The molecule has 0 aromatic carbocycles. The molecule has 1 saturated heterocycles. The second-order valence-electron chi connectivity index (χ2n) is 4.70. The number of hydrogen-bond acceptors (Lipinski definition) is 3. The van der Waals surface area contributed by atoms with Crippen molar-refractivity contribution >= 4 is 11.9 Å². The number of aliphatic carboxylic acids is 1. The molecule has 2 atom stereocenters. The van der Waals surface area contributed by atoms with Crippen molar-refractivity contribution in [3.8, 4) is 0 Å². The highest BCUT2D eigenvalue weighted by molar-refractivity contribution is 5.83. The third-order valence-corrected chi connectivity index (χ3v) is 3.29. The molecule has 1 aliphatic carbocycles. The van der Waals surface area contributed by atoms with Gasteiger partial charge in [0.2, 0.25) is 5.91 Å². The summed E-state index contributed by atoms with van der Waals surface area (Å²) in [7, 11) is 0. The predicted molar refractivity (Wildman–Crippen MR) is 57.9 cm³/mol. The predicted octanol–water partition coefficient (Wildman–Crippen LogP) is 0.108. The van der Waals surface area contributed by atoms with Crippen molar-refractivity contribution in [2.75, 3.05) is 6.54 Å². The van der Waals surface area contributed by atoms with E-state index in [1.807, 2.05) is 0 Å². The topological polar surface area (TPSA) is 78.4 Å². The van der Waals surface area contributed by atoms with Crippen molar-refractivity contribution < 1.29 is 14.7 Å². The summed E-state index contributed by atoms with van der Waals surface area (Å²) in [6.45, 7) is 0.880. The van der Waals surface area contributed by atoms with E-state index in [-0.39, 0.29) is 24.4 Å². The van der Waals surface area contributed by atoms with Crippen LogP contribution in [0.25, 0.3) is 0 Å². The Morgan fingerprint density at radius 3 is 2.62 bits per heavy atom. The molecule has 0 radical (unpaired) electrons. The van der Waals surface area contributed by atoms with Crippen LogP contribution < -0.4 is 10.6 Å². The Bertz CT molecular complexity index is 283. The monoisotopic (exact) mass is 226 g/mol. The van der Waals surface area contributed by atoms with Gasteiger partial charge in [0.25, 0.3) is 0 Å². The largest absolute Gasteiger partial charge is 0.481 e. The average molecular weight is 226 g/mol. The molecule has 2 rings (SSSR count). The Balaban J connectivity index is 1.84. The maximum atomic E-state index is 11.8. The van der Waals surface area contributed by atoms with Gasteiger partial charge in [-0.1, -0.05) is 0 Å². The zero-order valence-electron chi connectivity index (χ0n) is 9.24. The van der Waals surface area contributed by atoms with Crippen LogP contribution in [0, 0.1) is 5.92 Å². The number of nitrogens with one attached hydrogen (secondary N) is 2. The smallest absolute Gasteiger partial charge is 0.305 e. The molecule has 0 aromatic heterocycles.